The Morgan fingerprint density at radius 2 is 1.06 bits per heavy atom. The van der Waals surface area contributed by atoms with Crippen molar-refractivity contribution >= 4 is 23.2 Å². The van der Waals surface area contributed by atoms with Crippen LogP contribution in [-0.4, -0.2) is 33.5 Å². The number of amides is 2. The van der Waals surface area contributed by atoms with E-state index in [1.165, 1.54) is 0 Å². The van der Waals surface area contributed by atoms with Crippen LogP contribution in [0.15, 0.2) is 58.7 Å². The zero-order valence-corrected chi connectivity index (χ0v) is 17.8. The molecule has 8 nitrogen and oxygen atoms in total. The summed E-state index contributed by atoms with van der Waals surface area (Å²) < 4.78 is 0. The van der Waals surface area contributed by atoms with Gasteiger partial charge < -0.3 is 10.2 Å². The molecule has 0 spiro atoms. The lowest BCUT2D eigenvalue weighted by Gasteiger charge is -2.06. The molecule has 0 radical (unpaired) electrons. The van der Waals surface area contributed by atoms with Gasteiger partial charge in [-0.15, -0.1) is 0 Å². The summed E-state index contributed by atoms with van der Waals surface area (Å²) in [6.45, 7) is 3.84. The normalized spacial score (nSPS) is 11.8. The Morgan fingerprint density at radius 3 is 1.39 bits per heavy atom. The first-order chi connectivity index (χ1) is 14.9. The molecular weight excluding hydrogens is 396 g/mol. The average molecular weight is 425 g/mol. The van der Waals surface area contributed by atoms with Gasteiger partial charge in [0.1, 0.15) is 11.5 Å². The van der Waals surface area contributed by atoms with Crippen LogP contribution in [0.2, 0.25) is 0 Å². The number of hydrogen-bond donors (Lipinski definition) is 4. The van der Waals surface area contributed by atoms with Crippen molar-refractivity contribution in [3.05, 3.63) is 59.7 Å². The van der Waals surface area contributed by atoms with Gasteiger partial charge in [0.25, 0.3) is 0 Å². The van der Waals surface area contributed by atoms with Crippen molar-refractivity contribution in [2.45, 2.75) is 46.0 Å². The highest BCUT2D eigenvalue weighted by Crippen LogP contribution is 2.13. The standard InChI is InChI=1S/C23H28N4O4/c1-3-20(16-8-12-18(28)13-9-16)24-26-22(30)6-5-7-23(31)27-25-21(4-2)17-10-14-19(29)15-11-17/h8-15,28-29H,3-7H2,1-2H3,(H,26,30)(H,27,31). The second-order valence-electron chi connectivity index (χ2n) is 6.84. The van der Waals surface area contributed by atoms with E-state index in [-0.39, 0.29) is 36.2 Å². The van der Waals surface area contributed by atoms with E-state index in [1.54, 1.807) is 48.5 Å². The fourth-order valence-electron chi connectivity index (χ4n) is 2.78. The Hall–Kier alpha value is -3.68. The Balaban J connectivity index is 1.78. The maximum atomic E-state index is 12.0. The molecule has 0 saturated carbocycles. The van der Waals surface area contributed by atoms with Crippen LogP contribution in [0.4, 0.5) is 0 Å². The van der Waals surface area contributed by atoms with Gasteiger partial charge in [-0.2, -0.15) is 10.2 Å². The smallest absolute Gasteiger partial charge is 0.240 e. The number of hydrogen-bond acceptors (Lipinski definition) is 6. The molecule has 0 atom stereocenters. The van der Waals surface area contributed by atoms with Crippen LogP contribution in [0.3, 0.4) is 0 Å². The maximum absolute atomic E-state index is 12.0. The van der Waals surface area contributed by atoms with Crippen LogP contribution in [-0.2, 0) is 9.59 Å². The van der Waals surface area contributed by atoms with Gasteiger partial charge in [0.15, 0.2) is 0 Å². The highest BCUT2D eigenvalue weighted by Gasteiger charge is 2.07. The molecule has 2 aromatic rings. The predicted molar refractivity (Wildman–Crippen MR) is 120 cm³/mol. The number of phenolic OH excluding ortho intramolecular Hbond substituents is 2. The predicted octanol–water partition coefficient (Wildman–Crippen LogP) is 3.43. The third kappa shape index (κ3) is 7.93. The summed E-state index contributed by atoms with van der Waals surface area (Å²) in [5.74, 6) is -0.223. The van der Waals surface area contributed by atoms with Crippen molar-refractivity contribution in [1.82, 2.24) is 10.9 Å². The Morgan fingerprint density at radius 1 is 0.710 bits per heavy atom. The van der Waals surface area contributed by atoms with E-state index in [1.807, 2.05) is 13.8 Å². The average Bonchev–Trinajstić information content (AvgIpc) is 2.77. The summed E-state index contributed by atoms with van der Waals surface area (Å²) in [6.07, 6.45) is 1.92. The van der Waals surface area contributed by atoms with Gasteiger partial charge in [-0.25, -0.2) is 10.9 Å². The van der Waals surface area contributed by atoms with E-state index < -0.39 is 0 Å². The van der Waals surface area contributed by atoms with Crippen molar-refractivity contribution in [2.75, 3.05) is 0 Å². The largest absolute Gasteiger partial charge is 0.508 e. The van der Waals surface area contributed by atoms with Crippen molar-refractivity contribution < 1.29 is 19.8 Å². The molecule has 0 aliphatic rings. The fraction of sp³-hybridized carbons (Fsp3) is 0.304. The lowest BCUT2D eigenvalue weighted by Crippen LogP contribution is -2.22. The third-order valence-electron chi connectivity index (χ3n) is 4.51. The molecule has 8 heteroatoms. The summed E-state index contributed by atoms with van der Waals surface area (Å²) in [4.78, 5) is 24.0. The number of phenols is 2. The summed E-state index contributed by atoms with van der Waals surface area (Å²) in [5, 5.41) is 27.0. The molecule has 0 saturated heterocycles. The number of carbonyl (C=O) groups excluding carboxylic acids is 2. The molecular formula is C23H28N4O4. The van der Waals surface area contributed by atoms with E-state index in [9.17, 15) is 19.8 Å². The quantitative estimate of drug-likeness (QED) is 0.345. The topological polar surface area (TPSA) is 123 Å². The van der Waals surface area contributed by atoms with Gasteiger partial charge in [0, 0.05) is 12.8 Å². The second kappa shape index (κ2) is 12.1. The number of nitrogens with zero attached hydrogens (tertiary/aromatic N) is 2. The molecule has 2 amide bonds. The molecule has 2 rings (SSSR count). The van der Waals surface area contributed by atoms with Crippen molar-refractivity contribution in [1.29, 1.82) is 0 Å². The number of benzene rings is 2. The van der Waals surface area contributed by atoms with Gasteiger partial charge in [0.2, 0.25) is 11.8 Å². The van der Waals surface area contributed by atoms with E-state index in [2.05, 4.69) is 21.1 Å². The summed E-state index contributed by atoms with van der Waals surface area (Å²) in [7, 11) is 0. The summed E-state index contributed by atoms with van der Waals surface area (Å²) >= 11 is 0. The van der Waals surface area contributed by atoms with E-state index in [0.717, 1.165) is 11.1 Å². The lowest BCUT2D eigenvalue weighted by atomic mass is 10.1. The first kappa shape index (κ1) is 23.6. The molecule has 0 heterocycles. The first-order valence-electron chi connectivity index (χ1n) is 10.2. The fourth-order valence-corrected chi connectivity index (χ4v) is 2.78. The van der Waals surface area contributed by atoms with Crippen LogP contribution in [0, 0.1) is 0 Å². The molecule has 0 aliphatic carbocycles. The molecule has 164 valence electrons. The molecule has 0 fully saturated rings. The molecule has 2 aromatic carbocycles. The van der Waals surface area contributed by atoms with Crippen LogP contribution in [0.1, 0.15) is 57.1 Å². The number of carbonyl (C=O) groups is 2. The summed E-state index contributed by atoms with van der Waals surface area (Å²) in [6, 6.07) is 13.2. The number of aromatic hydroxyl groups is 2. The molecule has 0 aliphatic heterocycles. The number of hydrazone groups is 2. The van der Waals surface area contributed by atoms with Crippen LogP contribution >= 0.6 is 0 Å². The Bertz CT molecular complexity index is 858. The zero-order chi connectivity index (χ0) is 22.6. The Kier molecular flexibility index (Phi) is 9.22. The molecule has 0 bridgehead atoms. The minimum absolute atomic E-state index is 0.159. The SMILES string of the molecule is CCC(=NNC(=O)CCCC(=O)NN=C(CC)c1ccc(O)cc1)c1ccc(O)cc1. The number of rotatable bonds is 10. The highest BCUT2D eigenvalue weighted by molar-refractivity contribution is 6.01. The molecule has 0 aromatic heterocycles. The van der Waals surface area contributed by atoms with Gasteiger partial charge in [-0.05, 0) is 78.9 Å². The minimum Gasteiger partial charge on any atom is -0.508 e. The van der Waals surface area contributed by atoms with E-state index in [0.29, 0.717) is 30.7 Å². The monoisotopic (exact) mass is 424 g/mol. The molecule has 4 N–H and O–H groups in total. The van der Waals surface area contributed by atoms with Crippen molar-refractivity contribution in [2.24, 2.45) is 10.2 Å². The van der Waals surface area contributed by atoms with Gasteiger partial charge >= 0.3 is 0 Å². The van der Waals surface area contributed by atoms with Gasteiger partial charge in [-0.3, -0.25) is 9.59 Å². The molecule has 0 unspecified atom stereocenters. The van der Waals surface area contributed by atoms with Crippen LogP contribution in [0.5, 0.6) is 11.5 Å². The van der Waals surface area contributed by atoms with Gasteiger partial charge in [-0.1, -0.05) is 13.8 Å². The van der Waals surface area contributed by atoms with E-state index >= 15 is 0 Å². The first-order valence-corrected chi connectivity index (χ1v) is 10.2. The molecule has 31 heavy (non-hydrogen) atoms. The second-order valence-corrected chi connectivity index (χ2v) is 6.84. The van der Waals surface area contributed by atoms with Crippen LogP contribution in [0.25, 0.3) is 0 Å². The third-order valence-corrected chi connectivity index (χ3v) is 4.51. The lowest BCUT2D eigenvalue weighted by molar-refractivity contribution is -0.122. The maximum Gasteiger partial charge on any atom is 0.240 e. The van der Waals surface area contributed by atoms with Gasteiger partial charge in [0.05, 0.1) is 11.4 Å². The Labute approximate surface area is 181 Å². The van der Waals surface area contributed by atoms with Crippen LogP contribution < -0.4 is 10.9 Å². The van der Waals surface area contributed by atoms with Crippen molar-refractivity contribution in [3.8, 4) is 11.5 Å². The van der Waals surface area contributed by atoms with Crippen molar-refractivity contribution in [3.63, 3.8) is 0 Å². The highest BCUT2D eigenvalue weighted by atomic mass is 16.3. The zero-order valence-electron chi connectivity index (χ0n) is 17.8. The summed E-state index contributed by atoms with van der Waals surface area (Å²) in [5.41, 5.74) is 8.05. The minimum atomic E-state index is -0.278. The number of nitrogens with one attached hydrogen (secondary N) is 2. The van der Waals surface area contributed by atoms with E-state index in [4.69, 9.17) is 0 Å².